The number of halogens is 1. The van der Waals surface area contributed by atoms with E-state index in [1.807, 2.05) is 29.2 Å². The third kappa shape index (κ3) is 6.49. The van der Waals surface area contributed by atoms with Gasteiger partial charge in [-0.3, -0.25) is 9.59 Å². The average Bonchev–Trinajstić information content (AvgIpc) is 2.73. The molecule has 28 heavy (non-hydrogen) atoms. The smallest absolute Gasteiger partial charge is 0.253 e. The molecule has 1 aromatic carbocycles. The van der Waals surface area contributed by atoms with Gasteiger partial charge in [-0.2, -0.15) is 0 Å². The van der Waals surface area contributed by atoms with Crippen LogP contribution in [0.2, 0.25) is 0 Å². The summed E-state index contributed by atoms with van der Waals surface area (Å²) in [6.45, 7) is 6.59. The molecule has 2 heterocycles. The summed E-state index contributed by atoms with van der Waals surface area (Å²) in [6, 6.07) is 7.67. The van der Waals surface area contributed by atoms with E-state index in [0.29, 0.717) is 24.8 Å². The van der Waals surface area contributed by atoms with Crippen LogP contribution in [0, 0.1) is 11.8 Å². The van der Waals surface area contributed by atoms with Crippen molar-refractivity contribution in [3.05, 3.63) is 35.4 Å². The highest BCUT2D eigenvalue weighted by atomic mass is 35.5. The number of benzene rings is 1. The van der Waals surface area contributed by atoms with E-state index in [2.05, 4.69) is 17.6 Å². The predicted molar refractivity (Wildman–Crippen MR) is 115 cm³/mol. The fourth-order valence-corrected chi connectivity index (χ4v) is 4.19. The molecule has 0 bridgehead atoms. The summed E-state index contributed by atoms with van der Waals surface area (Å²) in [4.78, 5) is 26.7. The van der Waals surface area contributed by atoms with Gasteiger partial charge in [-0.1, -0.05) is 19.1 Å². The normalized spacial score (nSPS) is 18.8. The van der Waals surface area contributed by atoms with Crippen LogP contribution in [0.15, 0.2) is 24.3 Å². The number of carbonyl (C=O) groups is 2. The Kier molecular flexibility index (Phi) is 9.26. The Morgan fingerprint density at radius 3 is 2.39 bits per heavy atom. The van der Waals surface area contributed by atoms with Gasteiger partial charge >= 0.3 is 0 Å². The second-order valence-electron chi connectivity index (χ2n) is 8.10. The minimum absolute atomic E-state index is 0. The molecule has 1 aromatic rings. The van der Waals surface area contributed by atoms with Crippen molar-refractivity contribution in [1.29, 1.82) is 0 Å². The Hall–Kier alpha value is -1.59. The van der Waals surface area contributed by atoms with Crippen molar-refractivity contribution in [3.63, 3.8) is 0 Å². The molecule has 6 heteroatoms. The van der Waals surface area contributed by atoms with Gasteiger partial charge in [-0.25, -0.2) is 0 Å². The lowest BCUT2D eigenvalue weighted by Crippen LogP contribution is -2.35. The topological polar surface area (TPSA) is 61.4 Å². The highest BCUT2D eigenvalue weighted by molar-refractivity contribution is 5.94. The van der Waals surface area contributed by atoms with Crippen LogP contribution in [0.25, 0.3) is 0 Å². The Balaban J connectivity index is 0.00000280. The number of rotatable bonds is 6. The number of carbonyl (C=O) groups excluding carboxylic acids is 2. The molecule has 0 spiro atoms. The number of piperidine rings is 2. The zero-order valence-electron chi connectivity index (χ0n) is 16.9. The van der Waals surface area contributed by atoms with Crippen LogP contribution in [0.5, 0.6) is 0 Å². The van der Waals surface area contributed by atoms with Crippen molar-refractivity contribution in [3.8, 4) is 0 Å². The van der Waals surface area contributed by atoms with Crippen LogP contribution in [-0.2, 0) is 11.3 Å². The van der Waals surface area contributed by atoms with Crippen LogP contribution >= 0.6 is 12.4 Å². The van der Waals surface area contributed by atoms with E-state index in [0.717, 1.165) is 50.1 Å². The maximum absolute atomic E-state index is 12.5. The number of likely N-dealkylation sites (tertiary alicyclic amines) is 1. The van der Waals surface area contributed by atoms with Gasteiger partial charge in [0.05, 0.1) is 0 Å². The molecule has 156 valence electrons. The second-order valence-corrected chi connectivity index (χ2v) is 8.10. The van der Waals surface area contributed by atoms with Crippen molar-refractivity contribution in [2.75, 3.05) is 26.2 Å². The first-order valence-electron chi connectivity index (χ1n) is 10.5. The highest BCUT2D eigenvalue weighted by Crippen LogP contribution is 2.24. The van der Waals surface area contributed by atoms with Crippen LogP contribution < -0.4 is 10.6 Å². The molecule has 2 aliphatic heterocycles. The Morgan fingerprint density at radius 2 is 1.75 bits per heavy atom. The number of hydrogen-bond acceptors (Lipinski definition) is 3. The third-order valence-corrected chi connectivity index (χ3v) is 6.03. The number of nitrogens with one attached hydrogen (secondary N) is 2. The van der Waals surface area contributed by atoms with Crippen molar-refractivity contribution >= 4 is 24.2 Å². The van der Waals surface area contributed by atoms with E-state index in [1.54, 1.807) is 0 Å². The summed E-state index contributed by atoms with van der Waals surface area (Å²) < 4.78 is 0. The van der Waals surface area contributed by atoms with Crippen molar-refractivity contribution in [1.82, 2.24) is 15.5 Å². The van der Waals surface area contributed by atoms with E-state index in [4.69, 9.17) is 0 Å². The Bertz CT molecular complexity index is 623. The lowest BCUT2D eigenvalue weighted by atomic mass is 9.84. The number of nitrogens with zero attached hydrogens (tertiary/aromatic N) is 1. The molecular formula is C22H34ClN3O2. The molecule has 2 saturated heterocycles. The Morgan fingerprint density at radius 1 is 1.11 bits per heavy atom. The van der Waals surface area contributed by atoms with Crippen molar-refractivity contribution < 1.29 is 9.59 Å². The fraction of sp³-hybridized carbons (Fsp3) is 0.636. The van der Waals surface area contributed by atoms with E-state index in [1.165, 1.54) is 19.3 Å². The maximum Gasteiger partial charge on any atom is 0.253 e. The molecule has 1 atom stereocenters. The second kappa shape index (κ2) is 11.4. The molecule has 0 saturated carbocycles. The van der Waals surface area contributed by atoms with E-state index < -0.39 is 0 Å². The SMILES string of the molecule is CC(CC(=O)NCc1ccc(C(=O)N2CCCCC2)cc1)C1CCNCC1.Cl. The molecule has 5 nitrogen and oxygen atoms in total. The van der Waals surface area contributed by atoms with Crippen molar-refractivity contribution in [2.24, 2.45) is 11.8 Å². The van der Waals surface area contributed by atoms with Gasteiger partial charge in [0, 0.05) is 31.6 Å². The highest BCUT2D eigenvalue weighted by Gasteiger charge is 2.22. The Labute approximate surface area is 175 Å². The van der Waals surface area contributed by atoms with Crippen LogP contribution in [0.1, 0.15) is 61.4 Å². The lowest BCUT2D eigenvalue weighted by molar-refractivity contribution is -0.122. The zero-order valence-corrected chi connectivity index (χ0v) is 17.7. The van der Waals surface area contributed by atoms with E-state index in [9.17, 15) is 9.59 Å². The average molecular weight is 408 g/mol. The maximum atomic E-state index is 12.5. The fourth-order valence-electron chi connectivity index (χ4n) is 4.19. The third-order valence-electron chi connectivity index (χ3n) is 6.03. The molecule has 2 amide bonds. The van der Waals surface area contributed by atoms with Gasteiger partial charge in [0.25, 0.3) is 5.91 Å². The number of hydrogen-bond donors (Lipinski definition) is 2. The van der Waals surface area contributed by atoms with Gasteiger partial charge < -0.3 is 15.5 Å². The first-order chi connectivity index (χ1) is 13.1. The standard InChI is InChI=1S/C22H33N3O2.ClH/c1-17(19-9-11-23-12-10-19)15-21(26)24-16-18-5-7-20(8-6-18)22(27)25-13-3-2-4-14-25;/h5-8,17,19,23H,2-4,9-16H2,1H3,(H,24,26);1H. The van der Waals surface area contributed by atoms with Gasteiger partial charge in [0.1, 0.15) is 0 Å². The monoisotopic (exact) mass is 407 g/mol. The summed E-state index contributed by atoms with van der Waals surface area (Å²) in [5.41, 5.74) is 1.78. The van der Waals surface area contributed by atoms with E-state index in [-0.39, 0.29) is 24.2 Å². The van der Waals surface area contributed by atoms with Crippen LogP contribution in [-0.4, -0.2) is 42.9 Å². The molecule has 3 rings (SSSR count). The van der Waals surface area contributed by atoms with Gasteiger partial charge in [-0.15, -0.1) is 12.4 Å². The largest absolute Gasteiger partial charge is 0.352 e. The minimum atomic E-state index is 0. The van der Waals surface area contributed by atoms with Crippen LogP contribution in [0.3, 0.4) is 0 Å². The van der Waals surface area contributed by atoms with Gasteiger partial charge in [0.2, 0.25) is 5.91 Å². The summed E-state index contributed by atoms with van der Waals surface area (Å²) >= 11 is 0. The van der Waals surface area contributed by atoms with E-state index >= 15 is 0 Å². The molecule has 2 fully saturated rings. The lowest BCUT2D eigenvalue weighted by Gasteiger charge is -2.27. The molecular weight excluding hydrogens is 374 g/mol. The molecule has 2 aliphatic rings. The summed E-state index contributed by atoms with van der Waals surface area (Å²) in [5, 5.41) is 6.41. The number of amides is 2. The summed E-state index contributed by atoms with van der Waals surface area (Å²) in [7, 11) is 0. The van der Waals surface area contributed by atoms with Crippen molar-refractivity contribution in [2.45, 2.75) is 52.0 Å². The zero-order chi connectivity index (χ0) is 19.1. The molecule has 1 unspecified atom stereocenters. The minimum Gasteiger partial charge on any atom is -0.352 e. The quantitative estimate of drug-likeness (QED) is 0.759. The summed E-state index contributed by atoms with van der Waals surface area (Å²) in [6.07, 6.45) is 6.36. The summed E-state index contributed by atoms with van der Waals surface area (Å²) in [5.74, 6) is 1.32. The van der Waals surface area contributed by atoms with Gasteiger partial charge in [0.15, 0.2) is 0 Å². The molecule has 0 aromatic heterocycles. The first kappa shape index (κ1) is 22.7. The molecule has 0 radical (unpaired) electrons. The first-order valence-corrected chi connectivity index (χ1v) is 10.5. The van der Waals surface area contributed by atoms with Crippen LogP contribution in [0.4, 0.5) is 0 Å². The predicted octanol–water partition coefficient (Wildman–Crippen LogP) is 3.38. The van der Waals surface area contributed by atoms with Gasteiger partial charge in [-0.05, 0) is 74.7 Å². The molecule has 0 aliphatic carbocycles. The molecule has 2 N–H and O–H groups in total.